The minimum Gasteiger partial charge on any atom is -0.494 e. The zero-order valence-corrected chi connectivity index (χ0v) is 14.9. The van der Waals surface area contributed by atoms with Crippen molar-refractivity contribution >= 4 is 21.7 Å². The van der Waals surface area contributed by atoms with E-state index in [0.717, 1.165) is 12.8 Å². The zero-order valence-electron chi connectivity index (χ0n) is 14.1. The van der Waals surface area contributed by atoms with Crippen LogP contribution < -0.4 is 14.4 Å². The van der Waals surface area contributed by atoms with Gasteiger partial charge in [-0.2, -0.15) is 0 Å². The molecule has 2 aromatic rings. The Hall–Kier alpha value is -2.35. The summed E-state index contributed by atoms with van der Waals surface area (Å²) in [6.07, 6.45) is 4.87. The number of hydrogen-bond donors (Lipinski definition) is 1. The quantitative estimate of drug-likeness (QED) is 0.737. The minimum atomic E-state index is -3.69. The summed E-state index contributed by atoms with van der Waals surface area (Å²) >= 11 is 0. The Morgan fingerprint density at radius 2 is 1.75 bits per heavy atom. The van der Waals surface area contributed by atoms with E-state index in [1.54, 1.807) is 17.0 Å². The third kappa shape index (κ3) is 4.82. The van der Waals surface area contributed by atoms with E-state index in [4.69, 9.17) is 4.74 Å². The normalized spacial score (nSPS) is 11.1. The SMILES string of the molecule is CCCCOc1ccc(S(=O)(=O)Nc2cnc(N(C)C)nc2)cc1. The van der Waals surface area contributed by atoms with Crippen molar-refractivity contribution in [2.45, 2.75) is 24.7 Å². The number of nitrogens with one attached hydrogen (secondary N) is 1. The number of hydrogen-bond acceptors (Lipinski definition) is 6. The Morgan fingerprint density at radius 1 is 1.12 bits per heavy atom. The van der Waals surface area contributed by atoms with Crippen LogP contribution in [0.15, 0.2) is 41.6 Å². The number of aromatic nitrogens is 2. The summed E-state index contributed by atoms with van der Waals surface area (Å²) in [4.78, 5) is 10.0. The molecule has 0 bridgehead atoms. The van der Waals surface area contributed by atoms with E-state index in [9.17, 15) is 8.42 Å². The fourth-order valence-corrected chi connectivity index (χ4v) is 2.90. The maximum Gasteiger partial charge on any atom is 0.261 e. The van der Waals surface area contributed by atoms with Crippen molar-refractivity contribution in [2.24, 2.45) is 0 Å². The highest BCUT2D eigenvalue weighted by Crippen LogP contribution is 2.19. The molecule has 1 N–H and O–H groups in total. The van der Waals surface area contributed by atoms with Gasteiger partial charge in [-0.1, -0.05) is 13.3 Å². The molecule has 0 atom stereocenters. The largest absolute Gasteiger partial charge is 0.494 e. The third-order valence-corrected chi connectivity index (χ3v) is 4.59. The zero-order chi connectivity index (χ0) is 17.6. The molecule has 0 aliphatic heterocycles. The van der Waals surface area contributed by atoms with Crippen molar-refractivity contribution in [3.63, 3.8) is 0 Å². The van der Waals surface area contributed by atoms with Crippen LogP contribution in [0.5, 0.6) is 5.75 Å². The number of sulfonamides is 1. The second-order valence-electron chi connectivity index (χ2n) is 5.45. The molecular weight excluding hydrogens is 328 g/mol. The summed E-state index contributed by atoms with van der Waals surface area (Å²) < 4.78 is 32.7. The summed E-state index contributed by atoms with van der Waals surface area (Å²) in [5.41, 5.74) is 0.309. The van der Waals surface area contributed by atoms with Gasteiger partial charge in [-0.25, -0.2) is 18.4 Å². The van der Waals surface area contributed by atoms with Crippen LogP contribution in [0.2, 0.25) is 0 Å². The minimum absolute atomic E-state index is 0.155. The van der Waals surface area contributed by atoms with Gasteiger partial charge in [-0.3, -0.25) is 4.72 Å². The second kappa shape index (κ2) is 7.96. The standard InChI is InChI=1S/C16H22N4O3S/c1-4-5-10-23-14-6-8-15(9-7-14)24(21,22)19-13-11-17-16(18-12-13)20(2)3/h6-9,11-12,19H,4-5,10H2,1-3H3. The lowest BCUT2D eigenvalue weighted by Crippen LogP contribution is -2.15. The Morgan fingerprint density at radius 3 is 2.29 bits per heavy atom. The third-order valence-electron chi connectivity index (χ3n) is 3.19. The number of rotatable bonds is 8. The molecule has 0 spiro atoms. The molecule has 0 saturated carbocycles. The van der Waals surface area contributed by atoms with Gasteiger partial charge in [0.2, 0.25) is 5.95 Å². The number of anilines is 2. The fraction of sp³-hybridized carbons (Fsp3) is 0.375. The molecular formula is C16H22N4O3S. The molecule has 130 valence electrons. The highest BCUT2D eigenvalue weighted by molar-refractivity contribution is 7.92. The highest BCUT2D eigenvalue weighted by Gasteiger charge is 2.15. The van der Waals surface area contributed by atoms with Gasteiger partial charge < -0.3 is 9.64 Å². The molecule has 7 nitrogen and oxygen atoms in total. The van der Waals surface area contributed by atoms with Crippen LogP contribution in [0.1, 0.15) is 19.8 Å². The van der Waals surface area contributed by atoms with Gasteiger partial charge in [-0.05, 0) is 30.7 Å². The molecule has 0 fully saturated rings. The molecule has 1 aromatic heterocycles. The molecule has 0 saturated heterocycles. The number of ether oxygens (including phenoxy) is 1. The van der Waals surface area contributed by atoms with Crippen LogP contribution in [-0.2, 0) is 10.0 Å². The monoisotopic (exact) mass is 350 g/mol. The Kier molecular flexibility index (Phi) is 5.97. The summed E-state index contributed by atoms with van der Waals surface area (Å²) in [7, 11) is -0.0698. The first-order valence-electron chi connectivity index (χ1n) is 7.67. The summed E-state index contributed by atoms with van der Waals surface area (Å²) in [5.74, 6) is 1.16. The van der Waals surface area contributed by atoms with E-state index in [1.807, 2.05) is 14.1 Å². The maximum absolute atomic E-state index is 12.4. The lowest BCUT2D eigenvalue weighted by Gasteiger charge is -2.11. The van der Waals surface area contributed by atoms with Crippen molar-refractivity contribution in [1.82, 2.24) is 9.97 Å². The van der Waals surface area contributed by atoms with Crippen molar-refractivity contribution in [2.75, 3.05) is 30.3 Å². The average Bonchev–Trinajstić information content (AvgIpc) is 2.56. The lowest BCUT2D eigenvalue weighted by atomic mass is 10.3. The topological polar surface area (TPSA) is 84.4 Å². The van der Waals surface area contributed by atoms with Crippen LogP contribution >= 0.6 is 0 Å². The van der Waals surface area contributed by atoms with Crippen LogP contribution in [0, 0.1) is 0 Å². The summed E-state index contributed by atoms with van der Waals surface area (Å²) in [5, 5.41) is 0. The fourth-order valence-electron chi connectivity index (χ4n) is 1.87. The lowest BCUT2D eigenvalue weighted by molar-refractivity contribution is 0.309. The first-order chi connectivity index (χ1) is 11.4. The van der Waals surface area contributed by atoms with E-state index in [0.29, 0.717) is 24.0 Å². The van der Waals surface area contributed by atoms with Crippen molar-refractivity contribution in [3.05, 3.63) is 36.7 Å². The Labute approximate surface area is 142 Å². The van der Waals surface area contributed by atoms with Gasteiger partial charge in [0.05, 0.1) is 29.6 Å². The van der Waals surface area contributed by atoms with Gasteiger partial charge in [0, 0.05) is 14.1 Å². The molecule has 1 aromatic carbocycles. The second-order valence-corrected chi connectivity index (χ2v) is 7.13. The number of nitrogens with zero attached hydrogens (tertiary/aromatic N) is 3. The van der Waals surface area contributed by atoms with Crippen LogP contribution in [-0.4, -0.2) is 39.1 Å². The smallest absolute Gasteiger partial charge is 0.261 e. The molecule has 8 heteroatoms. The van der Waals surface area contributed by atoms with Crippen molar-refractivity contribution in [1.29, 1.82) is 0 Å². The highest BCUT2D eigenvalue weighted by atomic mass is 32.2. The summed E-state index contributed by atoms with van der Waals surface area (Å²) in [6, 6.07) is 6.32. The van der Waals surface area contributed by atoms with Crippen LogP contribution in [0.4, 0.5) is 11.6 Å². The van der Waals surface area contributed by atoms with E-state index in [1.165, 1.54) is 24.5 Å². The molecule has 0 aliphatic carbocycles. The predicted octanol–water partition coefficient (Wildman–Crippen LogP) is 2.52. The first kappa shape index (κ1) is 18.0. The van der Waals surface area contributed by atoms with E-state index in [-0.39, 0.29) is 4.90 Å². The summed E-state index contributed by atoms with van der Waals surface area (Å²) in [6.45, 7) is 2.70. The number of benzene rings is 1. The Bertz CT molecular complexity index is 744. The van der Waals surface area contributed by atoms with E-state index in [2.05, 4.69) is 21.6 Å². The Balaban J connectivity index is 2.06. The van der Waals surface area contributed by atoms with Gasteiger partial charge in [0.15, 0.2) is 0 Å². The van der Waals surface area contributed by atoms with Crippen molar-refractivity contribution in [3.8, 4) is 5.75 Å². The molecule has 0 amide bonds. The molecule has 0 aliphatic rings. The molecule has 1 heterocycles. The molecule has 0 radical (unpaired) electrons. The predicted molar refractivity (Wildman–Crippen MR) is 94.0 cm³/mol. The van der Waals surface area contributed by atoms with Crippen LogP contribution in [0.3, 0.4) is 0 Å². The van der Waals surface area contributed by atoms with Crippen molar-refractivity contribution < 1.29 is 13.2 Å². The van der Waals surface area contributed by atoms with E-state index < -0.39 is 10.0 Å². The number of unbranched alkanes of at least 4 members (excludes halogenated alkanes) is 1. The molecule has 0 unspecified atom stereocenters. The first-order valence-corrected chi connectivity index (χ1v) is 9.16. The van der Waals surface area contributed by atoms with Gasteiger partial charge in [-0.15, -0.1) is 0 Å². The molecule has 24 heavy (non-hydrogen) atoms. The van der Waals surface area contributed by atoms with Crippen LogP contribution in [0.25, 0.3) is 0 Å². The van der Waals surface area contributed by atoms with Gasteiger partial charge >= 0.3 is 0 Å². The van der Waals surface area contributed by atoms with Gasteiger partial charge in [0.1, 0.15) is 5.75 Å². The van der Waals surface area contributed by atoms with Gasteiger partial charge in [0.25, 0.3) is 10.0 Å². The molecule has 2 rings (SSSR count). The van der Waals surface area contributed by atoms with E-state index >= 15 is 0 Å². The average molecular weight is 350 g/mol. The maximum atomic E-state index is 12.4.